The molecule has 7 heteroatoms. The molecule has 22 heavy (non-hydrogen) atoms. The Morgan fingerprint density at radius 1 is 1.36 bits per heavy atom. The number of aromatic nitrogens is 2. The van der Waals surface area contributed by atoms with Crippen LogP contribution < -0.4 is 15.6 Å². The lowest BCUT2D eigenvalue weighted by Crippen LogP contribution is -2.32. The average molecular weight is 318 g/mol. The second kappa shape index (κ2) is 5.92. The third-order valence-electron chi connectivity index (χ3n) is 3.59. The predicted octanol–water partition coefficient (Wildman–Crippen LogP) is 2.41. The number of aryl methyl sites for hydroxylation is 2. The third kappa shape index (κ3) is 3.19. The van der Waals surface area contributed by atoms with Crippen molar-refractivity contribution in [3.8, 4) is 5.88 Å². The van der Waals surface area contributed by atoms with Crippen molar-refractivity contribution in [3.05, 3.63) is 33.6 Å². The highest BCUT2D eigenvalue weighted by Crippen LogP contribution is 2.49. The Balaban J connectivity index is 1.56. The summed E-state index contributed by atoms with van der Waals surface area (Å²) in [6.07, 6.45) is 0.894. The van der Waals surface area contributed by atoms with Crippen molar-refractivity contribution >= 4 is 23.2 Å². The van der Waals surface area contributed by atoms with Crippen molar-refractivity contribution in [1.82, 2.24) is 15.4 Å². The second-order valence-corrected chi connectivity index (χ2v) is 6.71. The van der Waals surface area contributed by atoms with E-state index in [0.717, 1.165) is 12.1 Å². The van der Waals surface area contributed by atoms with Crippen LogP contribution in [0.3, 0.4) is 0 Å². The monoisotopic (exact) mass is 318 g/mol. The summed E-state index contributed by atoms with van der Waals surface area (Å²) in [7, 11) is 1.54. The van der Waals surface area contributed by atoms with E-state index >= 15 is 0 Å². The Bertz CT molecular complexity index is 701. The predicted molar refractivity (Wildman–Crippen MR) is 85.0 cm³/mol. The van der Waals surface area contributed by atoms with Crippen LogP contribution in [0, 0.1) is 19.8 Å². The average Bonchev–Trinajstić information content (AvgIpc) is 3.19. The van der Waals surface area contributed by atoms with Gasteiger partial charge in [0.15, 0.2) is 0 Å². The second-order valence-electron chi connectivity index (χ2n) is 5.39. The van der Waals surface area contributed by atoms with Gasteiger partial charge in [-0.15, -0.1) is 11.3 Å². The third-order valence-corrected chi connectivity index (χ3v) is 4.72. The van der Waals surface area contributed by atoms with E-state index in [2.05, 4.69) is 39.9 Å². The lowest BCUT2D eigenvalue weighted by molar-refractivity contribution is -0.121. The summed E-state index contributed by atoms with van der Waals surface area (Å²) in [6.45, 7) is 3.92. The molecule has 2 atom stereocenters. The normalized spacial score (nSPS) is 19.6. The number of carbonyl (C=O) groups is 1. The molecule has 2 aromatic heterocycles. The molecule has 3 rings (SSSR count). The number of nitrogens with zero attached hydrogens (tertiary/aromatic N) is 2. The van der Waals surface area contributed by atoms with Gasteiger partial charge in [-0.1, -0.05) is 0 Å². The summed E-state index contributed by atoms with van der Waals surface area (Å²) in [4.78, 5) is 23.0. The van der Waals surface area contributed by atoms with Gasteiger partial charge in [-0.3, -0.25) is 15.6 Å². The molecule has 1 aliphatic carbocycles. The number of hydrogen-bond acceptors (Lipinski definition) is 6. The first-order chi connectivity index (χ1) is 10.6. The van der Waals surface area contributed by atoms with Gasteiger partial charge in [0, 0.05) is 33.4 Å². The fraction of sp³-hybridized carbons (Fsp3) is 0.400. The number of thiophene rings is 1. The van der Waals surface area contributed by atoms with Gasteiger partial charge in [0.2, 0.25) is 17.7 Å². The maximum Gasteiger partial charge on any atom is 0.245 e. The number of carbonyl (C=O) groups excluding carboxylic acids is 1. The molecular formula is C15H18N4O2S. The van der Waals surface area contributed by atoms with Gasteiger partial charge in [0.05, 0.1) is 7.11 Å². The Morgan fingerprint density at radius 2 is 2.18 bits per heavy atom. The van der Waals surface area contributed by atoms with E-state index in [1.807, 2.05) is 6.92 Å². The number of methoxy groups -OCH3 is 1. The zero-order valence-electron chi connectivity index (χ0n) is 12.7. The number of amides is 1. The van der Waals surface area contributed by atoms with Gasteiger partial charge in [0.25, 0.3) is 0 Å². The van der Waals surface area contributed by atoms with Crippen LogP contribution in [0.5, 0.6) is 5.88 Å². The molecule has 1 aliphatic rings. The first kappa shape index (κ1) is 14.8. The van der Waals surface area contributed by atoms with Crippen LogP contribution in [-0.4, -0.2) is 23.0 Å². The molecule has 2 heterocycles. The molecule has 1 amide bonds. The minimum atomic E-state index is -0.0277. The number of hydrogen-bond donors (Lipinski definition) is 2. The molecule has 0 radical (unpaired) electrons. The molecule has 1 fully saturated rings. The molecule has 1 saturated carbocycles. The molecule has 0 aromatic carbocycles. The van der Waals surface area contributed by atoms with Gasteiger partial charge in [-0.05, 0) is 32.4 Å². The first-order valence-corrected chi connectivity index (χ1v) is 7.90. The summed E-state index contributed by atoms with van der Waals surface area (Å²) in [5.74, 6) is 1.13. The van der Waals surface area contributed by atoms with Crippen molar-refractivity contribution < 1.29 is 9.53 Å². The Labute approximate surface area is 132 Å². The van der Waals surface area contributed by atoms with Crippen LogP contribution >= 0.6 is 11.3 Å². The van der Waals surface area contributed by atoms with Crippen LogP contribution in [0.15, 0.2) is 18.2 Å². The molecule has 0 spiro atoms. The Kier molecular flexibility index (Phi) is 3.98. The zero-order chi connectivity index (χ0) is 15.7. The van der Waals surface area contributed by atoms with Gasteiger partial charge in [-0.25, -0.2) is 4.98 Å². The van der Waals surface area contributed by atoms with Gasteiger partial charge in [-0.2, -0.15) is 4.98 Å². The highest BCUT2D eigenvalue weighted by molar-refractivity contribution is 7.12. The van der Waals surface area contributed by atoms with E-state index in [9.17, 15) is 4.79 Å². The number of anilines is 1. The van der Waals surface area contributed by atoms with Gasteiger partial charge in [0.1, 0.15) is 0 Å². The van der Waals surface area contributed by atoms with Crippen molar-refractivity contribution in [1.29, 1.82) is 0 Å². The van der Waals surface area contributed by atoms with Gasteiger partial charge < -0.3 is 4.74 Å². The van der Waals surface area contributed by atoms with Crippen molar-refractivity contribution in [2.75, 3.05) is 12.5 Å². The molecule has 0 saturated heterocycles. The van der Waals surface area contributed by atoms with Crippen molar-refractivity contribution in [2.24, 2.45) is 5.92 Å². The van der Waals surface area contributed by atoms with E-state index in [1.165, 1.54) is 9.75 Å². The molecule has 6 nitrogen and oxygen atoms in total. The summed E-state index contributed by atoms with van der Waals surface area (Å²) in [6, 6.07) is 5.93. The lowest BCUT2D eigenvalue weighted by atomic mass is 10.2. The molecule has 2 N–H and O–H groups in total. The van der Waals surface area contributed by atoms with Crippen LogP contribution in [0.4, 0.5) is 5.95 Å². The summed E-state index contributed by atoms with van der Waals surface area (Å²) >= 11 is 1.76. The van der Waals surface area contributed by atoms with Gasteiger partial charge >= 0.3 is 0 Å². The molecule has 0 bridgehead atoms. The maximum atomic E-state index is 12.2. The number of nitrogens with one attached hydrogen (secondary N) is 2. The van der Waals surface area contributed by atoms with Crippen LogP contribution in [0.1, 0.15) is 27.8 Å². The number of hydrazine groups is 1. The van der Waals surface area contributed by atoms with E-state index in [-0.39, 0.29) is 11.8 Å². The molecular weight excluding hydrogens is 300 g/mol. The number of ether oxygens (including phenoxy) is 1. The molecule has 116 valence electrons. The van der Waals surface area contributed by atoms with E-state index < -0.39 is 0 Å². The Morgan fingerprint density at radius 3 is 2.86 bits per heavy atom. The number of rotatable bonds is 5. The highest BCUT2D eigenvalue weighted by atomic mass is 32.1. The first-order valence-electron chi connectivity index (χ1n) is 7.08. The minimum absolute atomic E-state index is 0.0252. The summed E-state index contributed by atoms with van der Waals surface area (Å²) in [5.41, 5.74) is 6.21. The smallest absolute Gasteiger partial charge is 0.245 e. The summed E-state index contributed by atoms with van der Waals surface area (Å²) in [5, 5.41) is 0. The quantitative estimate of drug-likeness (QED) is 0.828. The maximum absolute atomic E-state index is 12.2. The fourth-order valence-electron chi connectivity index (χ4n) is 2.36. The SMILES string of the molecule is COc1cc(C)nc(NNC(=O)C2CC2c2ccc(C)s2)n1. The Hall–Kier alpha value is -2.15. The zero-order valence-corrected chi connectivity index (χ0v) is 13.5. The van der Waals surface area contributed by atoms with E-state index in [0.29, 0.717) is 17.7 Å². The summed E-state index contributed by atoms with van der Waals surface area (Å²) < 4.78 is 5.08. The van der Waals surface area contributed by atoms with Crippen molar-refractivity contribution in [2.45, 2.75) is 26.2 Å². The topological polar surface area (TPSA) is 76.1 Å². The van der Waals surface area contributed by atoms with E-state index in [4.69, 9.17) is 4.74 Å². The minimum Gasteiger partial charge on any atom is -0.481 e. The largest absolute Gasteiger partial charge is 0.481 e. The van der Waals surface area contributed by atoms with Crippen LogP contribution in [-0.2, 0) is 4.79 Å². The molecule has 2 aromatic rings. The van der Waals surface area contributed by atoms with Crippen LogP contribution in [0.25, 0.3) is 0 Å². The van der Waals surface area contributed by atoms with Crippen LogP contribution in [0.2, 0.25) is 0 Å². The molecule has 0 aliphatic heterocycles. The lowest BCUT2D eigenvalue weighted by Gasteiger charge is -2.08. The fourth-order valence-corrected chi connectivity index (χ4v) is 3.42. The molecule has 2 unspecified atom stereocenters. The standard InChI is InChI=1S/C15H18N4O2S/c1-8-6-13(21-3)17-15(16-8)19-18-14(20)11-7-10(11)12-5-4-9(2)22-12/h4-6,10-11H,7H2,1-3H3,(H,18,20)(H,16,17,19). The van der Waals surface area contributed by atoms with E-state index in [1.54, 1.807) is 24.5 Å². The highest BCUT2D eigenvalue weighted by Gasteiger charge is 2.44. The van der Waals surface area contributed by atoms with Crippen molar-refractivity contribution in [3.63, 3.8) is 0 Å².